The van der Waals surface area contributed by atoms with Crippen LogP contribution in [-0.2, 0) is 55.6 Å². The monoisotopic (exact) mass is 1560 g/mol. The summed E-state index contributed by atoms with van der Waals surface area (Å²) in [6.07, 6.45) is 9.78. The summed E-state index contributed by atoms with van der Waals surface area (Å²) in [7, 11) is -9.73. The van der Waals surface area contributed by atoms with Crippen molar-refractivity contribution in [3.05, 3.63) is 216 Å². The van der Waals surface area contributed by atoms with E-state index in [9.17, 15) is 58.3 Å². The Morgan fingerprint density at radius 2 is 1.23 bits per heavy atom. The SMILES string of the molecule is CC(C)(C(=O)N1CCN(c2ccc(S(=O)(=O)Nc3nccs3)cc2)C(=O)C1)n1ccc2cccc(F)c21.COc1ccc2c(ccn2C(=O)N2CCN(c3ccc(S(=O)(=O)Nc4ccncn4)cc3)CC2)c1.O=C(COc1ccc(F)c(Cl)c1)N1CCC(O)(c2ccc(S(=O)(=O)Nc3nccs3)cc2)CC1.[HH].[HH].[HH]. The number of sulfonamides is 3. The zero-order chi connectivity index (χ0) is 75.1. The topological polar surface area (TPSA) is 323 Å². The number of thiazole rings is 2. The van der Waals surface area contributed by atoms with E-state index in [-0.39, 0.29) is 109 Å². The second-order valence-electron chi connectivity index (χ2n) is 24.9. The Labute approximate surface area is 625 Å². The van der Waals surface area contributed by atoms with E-state index < -0.39 is 52.8 Å². The number of hydrogen-bond donors (Lipinski definition) is 4. The fourth-order valence-electron chi connectivity index (χ4n) is 12.2. The minimum atomic E-state index is -3.81. The predicted molar refractivity (Wildman–Crippen MR) is 404 cm³/mol. The molecule has 3 aliphatic heterocycles. The van der Waals surface area contributed by atoms with Crippen LogP contribution in [0.25, 0.3) is 21.8 Å². The maximum Gasteiger partial charge on any atom is 0.328 e. The molecule has 106 heavy (non-hydrogen) atoms. The third-order valence-electron chi connectivity index (χ3n) is 17.9. The minimum Gasteiger partial charge on any atom is -0.497 e. The van der Waals surface area contributed by atoms with Gasteiger partial charge in [-0.15, -0.1) is 22.7 Å². The van der Waals surface area contributed by atoms with E-state index in [0.29, 0.717) is 61.4 Å². The Hall–Kier alpha value is -10.6. The molecule has 14 rings (SSSR count). The lowest BCUT2D eigenvalue weighted by Crippen LogP contribution is -2.57. The van der Waals surface area contributed by atoms with Gasteiger partial charge in [-0.3, -0.25) is 33.1 Å². The number of methoxy groups -OCH3 is 1. The molecule has 6 aromatic carbocycles. The molecule has 4 amide bonds. The summed E-state index contributed by atoms with van der Waals surface area (Å²) >= 11 is 8.06. The number of carbonyl (C=O) groups excluding carboxylic acids is 4. The van der Waals surface area contributed by atoms with Crippen molar-refractivity contribution in [1.82, 2.24) is 43.8 Å². The number of aromatic nitrogens is 6. The van der Waals surface area contributed by atoms with Crippen LogP contribution in [-0.4, -0.2) is 171 Å². The molecule has 3 saturated heterocycles. The van der Waals surface area contributed by atoms with Gasteiger partial charge in [0.2, 0.25) is 11.8 Å². The third-order valence-corrected chi connectivity index (χ3v) is 24.0. The summed E-state index contributed by atoms with van der Waals surface area (Å²) in [5.74, 6) is -0.607. The largest absolute Gasteiger partial charge is 0.497 e. The van der Waals surface area contributed by atoms with Gasteiger partial charge in [0.15, 0.2) is 16.9 Å². The molecule has 35 heteroatoms. The molecule has 0 radical (unpaired) electrons. The van der Waals surface area contributed by atoms with E-state index in [1.54, 1.807) is 125 Å². The standard InChI is InChI=1S/C25H24FN5O4S2.C24H24N6O4S.C22H21ClFN3O5S2.3H2/c1-25(2,31-12-10-17-4-3-5-20(26)22(17)31)23(33)29-13-14-30(21(32)16-29)18-6-8-19(9-7-18)37(34,35)28-24-27-11-15-36-24;1-34-20-4-7-22-18(16-20)9-11-30(22)24(31)29-14-12-28(13-15-29)19-2-5-21(6-3-19)35(32,33)27-23-8-10-25-17-26-23;23-18-13-16(3-6-19(18)24)32-14-20(28)27-10-7-22(29,8-11-27)15-1-4-17(5-2-15)34(30,31)26-21-25-9-12-33-21;;;/h3-12,15H,13-14,16H2,1-2H3,(H,27,28);2-11,16-17H,12-15H2,1H3,(H,25,26,27);1-6,9,12-13,29H,7-8,10-11,14H2,(H,25,26);3*1H. The molecule has 0 bridgehead atoms. The van der Waals surface area contributed by atoms with Crippen LogP contribution in [0.3, 0.4) is 0 Å². The van der Waals surface area contributed by atoms with Gasteiger partial charge in [0.1, 0.15) is 47.4 Å². The minimum absolute atomic E-state index is 0. The van der Waals surface area contributed by atoms with E-state index in [1.807, 2.05) is 29.2 Å². The van der Waals surface area contributed by atoms with Crippen molar-refractivity contribution in [2.75, 3.05) is 96.6 Å². The Balaban J connectivity index is 0.000000186. The van der Waals surface area contributed by atoms with Gasteiger partial charge in [-0.2, -0.15) is 0 Å². The van der Waals surface area contributed by atoms with Crippen LogP contribution < -0.4 is 33.4 Å². The lowest BCUT2D eigenvalue weighted by atomic mass is 9.84. The van der Waals surface area contributed by atoms with Gasteiger partial charge in [-0.05, 0) is 148 Å². The number of rotatable bonds is 18. The highest BCUT2D eigenvalue weighted by Gasteiger charge is 2.40. The molecule has 4 N–H and O–H groups in total. The highest BCUT2D eigenvalue weighted by atomic mass is 35.5. The second-order valence-corrected chi connectivity index (χ2v) is 32.2. The third kappa shape index (κ3) is 17.0. The van der Waals surface area contributed by atoms with E-state index in [1.165, 1.54) is 106 Å². The molecule has 0 atom stereocenters. The van der Waals surface area contributed by atoms with Crippen LogP contribution in [0.1, 0.15) is 36.5 Å². The van der Waals surface area contributed by atoms with Crippen molar-refractivity contribution >= 4 is 137 Å². The van der Waals surface area contributed by atoms with Crippen LogP contribution >= 0.6 is 34.3 Å². The first kappa shape index (κ1) is 75.1. The summed E-state index contributed by atoms with van der Waals surface area (Å²) in [6.45, 7) is 6.56. The second kappa shape index (κ2) is 31.6. The Morgan fingerprint density at radius 3 is 1.81 bits per heavy atom. The van der Waals surface area contributed by atoms with Crippen molar-refractivity contribution in [1.29, 1.82) is 0 Å². The maximum absolute atomic E-state index is 14.6. The van der Waals surface area contributed by atoms with Gasteiger partial charge in [-0.1, -0.05) is 35.9 Å². The zero-order valence-corrected chi connectivity index (χ0v) is 61.7. The first-order chi connectivity index (χ1) is 50.7. The Bertz CT molecular complexity index is 5360. The molecule has 0 unspecified atom stereocenters. The Morgan fingerprint density at radius 1 is 0.632 bits per heavy atom. The first-order valence-corrected chi connectivity index (χ1v) is 39.3. The van der Waals surface area contributed by atoms with Crippen molar-refractivity contribution < 1.29 is 72.1 Å². The number of para-hydroxylation sites is 1. The summed E-state index contributed by atoms with van der Waals surface area (Å²) in [5.41, 5.74) is 0.875. The molecule has 558 valence electrons. The smallest absolute Gasteiger partial charge is 0.328 e. The summed E-state index contributed by atoms with van der Waals surface area (Å²) in [4.78, 5) is 76.4. The number of halogens is 3. The summed E-state index contributed by atoms with van der Waals surface area (Å²) in [5, 5.41) is 16.5. The summed E-state index contributed by atoms with van der Waals surface area (Å²) < 4.78 is 124. The molecular weight excluding hydrogens is 1490 g/mol. The van der Waals surface area contributed by atoms with E-state index >= 15 is 0 Å². The van der Waals surface area contributed by atoms with Gasteiger partial charge in [0, 0.05) is 127 Å². The maximum atomic E-state index is 14.6. The van der Waals surface area contributed by atoms with Gasteiger partial charge < -0.3 is 43.6 Å². The lowest BCUT2D eigenvalue weighted by molar-refractivity contribution is -0.143. The molecule has 27 nitrogen and oxygen atoms in total. The van der Waals surface area contributed by atoms with Crippen LogP contribution in [0.5, 0.6) is 11.5 Å². The van der Waals surface area contributed by atoms with Crippen LogP contribution in [0.4, 0.5) is 41.0 Å². The highest BCUT2D eigenvalue weighted by Crippen LogP contribution is 2.36. The van der Waals surface area contributed by atoms with Crippen LogP contribution in [0.15, 0.2) is 208 Å². The van der Waals surface area contributed by atoms with Gasteiger partial charge in [-0.25, -0.2) is 58.8 Å². The number of benzene rings is 6. The number of fused-ring (bicyclic) bond motifs is 2. The average Bonchev–Trinajstić information content (AvgIpc) is 1.67. The predicted octanol–water partition coefficient (Wildman–Crippen LogP) is 11.0. The Kier molecular flexibility index (Phi) is 22.4. The van der Waals surface area contributed by atoms with Crippen molar-refractivity contribution in [2.24, 2.45) is 0 Å². The fourth-order valence-corrected chi connectivity index (χ4v) is 17.0. The average molecular weight is 1570 g/mol. The molecule has 5 aromatic heterocycles. The van der Waals surface area contributed by atoms with Gasteiger partial charge >= 0.3 is 6.03 Å². The number of nitrogens with one attached hydrogen (secondary N) is 3. The van der Waals surface area contributed by atoms with Crippen molar-refractivity contribution in [3.63, 3.8) is 0 Å². The quantitative estimate of drug-likeness (QED) is 0.0620. The summed E-state index contributed by atoms with van der Waals surface area (Å²) in [6, 6.07) is 38.0. The number of amides is 4. The number of aliphatic hydroxyl groups is 1. The zero-order valence-electron chi connectivity index (χ0n) is 56.9. The first-order valence-electron chi connectivity index (χ1n) is 32.8. The molecule has 3 aliphatic rings. The lowest BCUT2D eigenvalue weighted by Gasteiger charge is -2.39. The van der Waals surface area contributed by atoms with Gasteiger partial charge in [0.05, 0.1) is 43.5 Å². The van der Waals surface area contributed by atoms with Crippen molar-refractivity contribution in [2.45, 2.75) is 52.5 Å². The molecule has 8 heterocycles. The molecule has 0 saturated carbocycles. The van der Waals surface area contributed by atoms with Crippen molar-refractivity contribution in [3.8, 4) is 11.5 Å². The fraction of sp³-hybridized carbons (Fsp3) is 0.239. The number of piperazine rings is 2. The highest BCUT2D eigenvalue weighted by molar-refractivity contribution is 7.93. The van der Waals surface area contributed by atoms with Crippen LogP contribution in [0.2, 0.25) is 5.02 Å². The molecule has 3 fully saturated rings. The van der Waals surface area contributed by atoms with Crippen LogP contribution in [0, 0.1) is 11.6 Å². The molecular formula is C71H75ClF2N14O13S5. The normalized spacial score (nSPS) is 14.9. The molecule has 0 aliphatic carbocycles. The number of anilines is 5. The number of ether oxygens (including phenoxy) is 2. The number of carbonyl (C=O) groups is 4. The van der Waals surface area contributed by atoms with E-state index in [0.717, 1.165) is 28.4 Å². The number of nitrogens with zero attached hydrogens (tertiary/aromatic N) is 11. The van der Waals surface area contributed by atoms with E-state index in [4.69, 9.17) is 21.1 Å². The number of likely N-dealkylation sites (tertiary alicyclic amines) is 1. The molecule has 0 spiro atoms. The number of piperidine rings is 1. The number of hydrogen-bond acceptors (Lipinski definition) is 20. The van der Waals surface area contributed by atoms with E-state index in [2.05, 4.69) is 39.0 Å². The van der Waals surface area contributed by atoms with Gasteiger partial charge in [0.25, 0.3) is 36.0 Å². The molecule has 11 aromatic rings.